The number of Topliss-reactive ketones (excluding diaryl/α,β-unsaturated/α-hetero) is 2. The van der Waals surface area contributed by atoms with Crippen molar-refractivity contribution in [1.82, 2.24) is 40.9 Å². The van der Waals surface area contributed by atoms with Crippen LogP contribution < -0.4 is 21.3 Å². The van der Waals surface area contributed by atoms with E-state index in [1.54, 1.807) is 27.7 Å². The van der Waals surface area contributed by atoms with Gasteiger partial charge in [0.15, 0.2) is 0 Å². The van der Waals surface area contributed by atoms with Crippen LogP contribution >= 0.6 is 0 Å². The number of amides is 4. The molecule has 0 aliphatic rings. The van der Waals surface area contributed by atoms with Gasteiger partial charge in [0.05, 0.1) is 0 Å². The van der Waals surface area contributed by atoms with E-state index < -0.39 is 28.6 Å². The zero-order valence-corrected chi connectivity index (χ0v) is 40.5. The summed E-state index contributed by atoms with van der Waals surface area (Å²) in [5.41, 5.74) is -2.06. The summed E-state index contributed by atoms with van der Waals surface area (Å²) in [6, 6.07) is 0. The summed E-state index contributed by atoms with van der Waals surface area (Å²) in [5, 5.41) is 11.9. The highest BCUT2D eigenvalue weighted by Crippen LogP contribution is 2.36. The van der Waals surface area contributed by atoms with Crippen LogP contribution in [0.4, 0.5) is 0 Å². The average Bonchev–Trinajstić information content (AvgIpc) is 3.17. The van der Waals surface area contributed by atoms with Crippen LogP contribution in [0, 0.1) is 28.6 Å². The molecule has 0 bridgehead atoms. The van der Waals surface area contributed by atoms with Gasteiger partial charge in [-0.05, 0) is 74.4 Å². The molecule has 4 amide bonds. The molecule has 0 aliphatic heterocycles. The Bertz CT molecular complexity index is 1270. The number of ketones is 2. The summed E-state index contributed by atoms with van der Waals surface area (Å²) in [5.74, 6) is -3.38. The van der Waals surface area contributed by atoms with Gasteiger partial charge in [0.2, 0.25) is 23.6 Å². The third-order valence-corrected chi connectivity index (χ3v) is 11.5. The maximum atomic E-state index is 14.4. The standard InChI is InChI=1S/C46H90N8O6/c1-14-17-19-20-22-47-40(56)32-36(16-3)42(58)46(6,7)35-37(43(59)50-24-26-54(13)30-28-52(10)11)31-39(55)45(4,5)34-38(44(60)49-21-18-15-2)33-41(57)48-23-25-53(12)29-27-51(8)9/h36-38H,14-35H2,1-13H3,(H,47,56)(H,48,57)(H,49,60)(H,50,59). The van der Waals surface area contributed by atoms with E-state index in [1.165, 1.54) is 0 Å². The van der Waals surface area contributed by atoms with Crippen molar-refractivity contribution in [1.29, 1.82) is 0 Å². The van der Waals surface area contributed by atoms with Crippen molar-refractivity contribution >= 4 is 35.2 Å². The molecule has 14 nitrogen and oxygen atoms in total. The molecule has 0 aliphatic carbocycles. The number of hydrogen-bond acceptors (Lipinski definition) is 10. The van der Waals surface area contributed by atoms with Crippen LogP contribution in [0.25, 0.3) is 0 Å². The predicted octanol–water partition coefficient (Wildman–Crippen LogP) is 4.22. The summed E-state index contributed by atoms with van der Waals surface area (Å²) in [7, 11) is 12.0. The lowest BCUT2D eigenvalue weighted by atomic mass is 9.70. The molecule has 14 heteroatoms. The molecule has 0 saturated carbocycles. The molecule has 0 aromatic rings. The van der Waals surface area contributed by atoms with Gasteiger partial charge >= 0.3 is 0 Å². The second-order valence-electron chi connectivity index (χ2n) is 19.0. The van der Waals surface area contributed by atoms with Crippen molar-refractivity contribution < 1.29 is 28.8 Å². The van der Waals surface area contributed by atoms with E-state index in [2.05, 4.69) is 47.8 Å². The van der Waals surface area contributed by atoms with Gasteiger partial charge in [-0.1, -0.05) is 74.1 Å². The Kier molecular flexibility index (Phi) is 29.5. The van der Waals surface area contributed by atoms with Gasteiger partial charge in [-0.25, -0.2) is 0 Å². The fraction of sp³-hybridized carbons (Fsp3) is 0.870. The second kappa shape index (κ2) is 31.0. The molecule has 0 aromatic carbocycles. The lowest BCUT2D eigenvalue weighted by Gasteiger charge is -2.33. The maximum Gasteiger partial charge on any atom is 0.223 e. The Hall–Kier alpha value is -2.94. The lowest BCUT2D eigenvalue weighted by molar-refractivity contribution is -0.140. The van der Waals surface area contributed by atoms with E-state index in [-0.39, 0.29) is 67.3 Å². The number of nitrogens with one attached hydrogen (secondary N) is 4. The molecule has 4 N–H and O–H groups in total. The summed E-state index contributed by atoms with van der Waals surface area (Å²) in [6.07, 6.45) is 6.48. The first-order valence-corrected chi connectivity index (χ1v) is 22.9. The SMILES string of the molecule is CCCCCCNC(=O)CC(CC)C(=O)C(C)(C)CC(CC(=O)C(C)(C)CC(CC(=O)NCCN(C)CCN(C)C)C(=O)NCCCC)C(=O)NCCN(C)CCN(C)C. The Balaban J connectivity index is 6.18. The zero-order chi connectivity index (χ0) is 45.9. The number of unbranched alkanes of at least 4 members (excludes halogenated alkanes) is 4. The highest BCUT2D eigenvalue weighted by molar-refractivity contribution is 5.93. The van der Waals surface area contributed by atoms with Crippen LogP contribution in [-0.4, -0.2) is 163 Å². The van der Waals surface area contributed by atoms with Crippen LogP contribution in [0.3, 0.4) is 0 Å². The summed E-state index contributed by atoms with van der Waals surface area (Å²) in [4.78, 5) is 90.6. The van der Waals surface area contributed by atoms with Crippen LogP contribution in [0.2, 0.25) is 0 Å². The number of rotatable bonds is 36. The molecule has 0 aromatic heterocycles. The molecule has 3 atom stereocenters. The Morgan fingerprint density at radius 1 is 0.467 bits per heavy atom. The number of nitrogens with zero attached hydrogens (tertiary/aromatic N) is 4. The lowest BCUT2D eigenvalue weighted by Crippen LogP contribution is -2.44. The highest BCUT2D eigenvalue weighted by atomic mass is 16.2. The third kappa shape index (κ3) is 25.7. The van der Waals surface area contributed by atoms with Crippen LogP contribution in [-0.2, 0) is 28.8 Å². The summed E-state index contributed by atoms with van der Waals surface area (Å²) in [6.45, 7) is 19.8. The van der Waals surface area contributed by atoms with E-state index >= 15 is 0 Å². The fourth-order valence-corrected chi connectivity index (χ4v) is 7.21. The number of likely N-dealkylation sites (N-methyl/N-ethyl adjacent to an activating group) is 4. The largest absolute Gasteiger partial charge is 0.356 e. The van der Waals surface area contributed by atoms with E-state index in [0.717, 1.165) is 64.7 Å². The summed E-state index contributed by atoms with van der Waals surface area (Å²) >= 11 is 0. The Morgan fingerprint density at radius 2 is 0.900 bits per heavy atom. The fourth-order valence-electron chi connectivity index (χ4n) is 7.21. The van der Waals surface area contributed by atoms with E-state index in [1.807, 2.05) is 56.1 Å². The summed E-state index contributed by atoms with van der Waals surface area (Å²) < 4.78 is 0. The molecule has 0 radical (unpaired) electrons. The van der Waals surface area contributed by atoms with Gasteiger partial charge in [0.1, 0.15) is 11.6 Å². The molecule has 0 fully saturated rings. The molecule has 0 heterocycles. The molecular formula is C46H90N8O6. The van der Waals surface area contributed by atoms with Crippen molar-refractivity contribution in [2.75, 3.05) is 108 Å². The molecule has 350 valence electrons. The molecular weight excluding hydrogens is 761 g/mol. The molecule has 0 spiro atoms. The number of carbonyl (C=O) groups excluding carboxylic acids is 6. The molecule has 3 unspecified atom stereocenters. The van der Waals surface area contributed by atoms with E-state index in [4.69, 9.17) is 0 Å². The number of hydrogen-bond donors (Lipinski definition) is 4. The van der Waals surface area contributed by atoms with E-state index in [0.29, 0.717) is 45.7 Å². The van der Waals surface area contributed by atoms with Crippen LogP contribution in [0.1, 0.15) is 126 Å². The van der Waals surface area contributed by atoms with Crippen LogP contribution in [0.15, 0.2) is 0 Å². The van der Waals surface area contributed by atoms with Gasteiger partial charge in [-0.2, -0.15) is 0 Å². The molecule has 0 saturated heterocycles. The van der Waals surface area contributed by atoms with Crippen molar-refractivity contribution in [3.63, 3.8) is 0 Å². The van der Waals surface area contributed by atoms with Gasteiger partial charge in [0, 0.05) is 113 Å². The average molecular weight is 851 g/mol. The van der Waals surface area contributed by atoms with Gasteiger partial charge in [0.25, 0.3) is 0 Å². The minimum atomic E-state index is -1.06. The quantitative estimate of drug-likeness (QED) is 0.0672. The van der Waals surface area contributed by atoms with Crippen molar-refractivity contribution in [2.45, 2.75) is 126 Å². The smallest absolute Gasteiger partial charge is 0.223 e. The zero-order valence-electron chi connectivity index (χ0n) is 40.5. The van der Waals surface area contributed by atoms with Gasteiger partial charge in [-0.3, -0.25) is 28.8 Å². The minimum Gasteiger partial charge on any atom is -0.356 e. The van der Waals surface area contributed by atoms with Gasteiger partial charge < -0.3 is 40.9 Å². The Morgan fingerprint density at radius 3 is 1.40 bits per heavy atom. The highest BCUT2D eigenvalue weighted by Gasteiger charge is 2.41. The minimum absolute atomic E-state index is 0.0619. The van der Waals surface area contributed by atoms with Crippen LogP contribution in [0.5, 0.6) is 0 Å². The first kappa shape index (κ1) is 57.1. The monoisotopic (exact) mass is 851 g/mol. The normalized spacial score (nSPS) is 13.7. The number of carbonyl (C=O) groups is 6. The molecule has 60 heavy (non-hydrogen) atoms. The first-order chi connectivity index (χ1) is 28.1. The second-order valence-corrected chi connectivity index (χ2v) is 19.0. The van der Waals surface area contributed by atoms with Crippen molar-refractivity contribution in [3.05, 3.63) is 0 Å². The predicted molar refractivity (Wildman–Crippen MR) is 245 cm³/mol. The van der Waals surface area contributed by atoms with Crippen molar-refractivity contribution in [3.8, 4) is 0 Å². The van der Waals surface area contributed by atoms with Gasteiger partial charge in [-0.15, -0.1) is 0 Å². The Labute approximate surface area is 365 Å². The first-order valence-electron chi connectivity index (χ1n) is 22.9. The topological polar surface area (TPSA) is 164 Å². The maximum absolute atomic E-state index is 14.4. The van der Waals surface area contributed by atoms with E-state index in [9.17, 15) is 28.8 Å². The molecule has 0 rings (SSSR count). The van der Waals surface area contributed by atoms with Crippen molar-refractivity contribution in [2.24, 2.45) is 28.6 Å². The third-order valence-electron chi connectivity index (χ3n) is 11.5.